The molecule has 8 nitrogen and oxygen atoms in total. The third-order valence-corrected chi connectivity index (χ3v) is 7.86. The zero-order valence-electron chi connectivity index (χ0n) is 23.6. The number of nitrogens with zero attached hydrogens (tertiary/aromatic N) is 1. The molecule has 1 amide bonds. The van der Waals surface area contributed by atoms with Crippen LogP contribution in [0.25, 0.3) is 0 Å². The van der Waals surface area contributed by atoms with Gasteiger partial charge < -0.3 is 29.4 Å². The van der Waals surface area contributed by atoms with Crippen molar-refractivity contribution < 1.29 is 28.8 Å². The number of amides is 1. The van der Waals surface area contributed by atoms with Crippen LogP contribution in [-0.4, -0.2) is 49.3 Å². The van der Waals surface area contributed by atoms with Crippen LogP contribution in [0.4, 0.5) is 5.69 Å². The Kier molecular flexibility index (Phi) is 8.71. The van der Waals surface area contributed by atoms with Crippen LogP contribution in [0.1, 0.15) is 54.1 Å². The van der Waals surface area contributed by atoms with E-state index in [1.54, 1.807) is 14.2 Å². The molecule has 1 fully saturated rings. The van der Waals surface area contributed by atoms with Crippen molar-refractivity contribution in [2.75, 3.05) is 32.6 Å². The molecule has 4 atom stereocenters. The Hall–Kier alpha value is -3.43. The van der Waals surface area contributed by atoms with Gasteiger partial charge in [-0.15, -0.1) is 0 Å². The van der Waals surface area contributed by atoms with Crippen molar-refractivity contribution in [3.05, 3.63) is 88.5 Å². The van der Waals surface area contributed by atoms with Gasteiger partial charge in [-0.3, -0.25) is 9.69 Å². The summed E-state index contributed by atoms with van der Waals surface area (Å²) in [6.45, 7) is 6.15. The first kappa shape index (κ1) is 28.1. The maximum Gasteiger partial charge on any atom is 0.221 e. The van der Waals surface area contributed by atoms with E-state index >= 15 is 0 Å². The molecule has 0 aromatic heterocycles. The van der Waals surface area contributed by atoms with Gasteiger partial charge in [0.2, 0.25) is 5.91 Å². The van der Waals surface area contributed by atoms with Crippen LogP contribution in [0.15, 0.2) is 60.7 Å². The number of nitrogens with one attached hydrogen (secondary N) is 1. The second-order valence-electron chi connectivity index (χ2n) is 10.6. The van der Waals surface area contributed by atoms with E-state index in [1.807, 2.05) is 48.5 Å². The van der Waals surface area contributed by atoms with Crippen molar-refractivity contribution in [1.29, 1.82) is 0 Å². The molecule has 2 N–H and O–H groups in total. The summed E-state index contributed by atoms with van der Waals surface area (Å²) < 4.78 is 24.3. The molecule has 40 heavy (non-hydrogen) atoms. The van der Waals surface area contributed by atoms with Crippen molar-refractivity contribution in [3.8, 4) is 11.5 Å². The number of carbonyl (C=O) groups is 1. The fourth-order valence-electron chi connectivity index (χ4n) is 5.61. The number of hydrogen-bond donors (Lipinski definition) is 2. The lowest BCUT2D eigenvalue weighted by atomic mass is 9.89. The second kappa shape index (κ2) is 12.4. The van der Waals surface area contributed by atoms with Crippen LogP contribution in [0.3, 0.4) is 0 Å². The van der Waals surface area contributed by atoms with Gasteiger partial charge in [-0.05, 0) is 52.9 Å². The van der Waals surface area contributed by atoms with Crippen molar-refractivity contribution in [1.82, 2.24) is 4.90 Å². The Bertz CT molecular complexity index is 1310. The Labute approximate surface area is 235 Å². The van der Waals surface area contributed by atoms with Gasteiger partial charge in [0, 0.05) is 43.7 Å². The zero-order chi connectivity index (χ0) is 28.2. The largest absolute Gasteiger partial charge is 0.493 e. The lowest BCUT2D eigenvalue weighted by Crippen LogP contribution is -2.45. The molecule has 5 rings (SSSR count). The molecule has 8 heteroatoms. The Morgan fingerprint density at radius 3 is 2.25 bits per heavy atom. The number of ether oxygens (including phenoxy) is 4. The van der Waals surface area contributed by atoms with Crippen LogP contribution in [0.2, 0.25) is 0 Å². The molecule has 0 radical (unpaired) electrons. The average Bonchev–Trinajstić information content (AvgIpc) is 2.97. The maximum absolute atomic E-state index is 11.5. The summed E-state index contributed by atoms with van der Waals surface area (Å²) in [4.78, 5) is 13.9. The predicted octanol–water partition coefficient (Wildman–Crippen LogP) is 5.00. The summed E-state index contributed by atoms with van der Waals surface area (Å²) in [5.74, 6) is 1.48. The van der Waals surface area contributed by atoms with Gasteiger partial charge in [-0.1, -0.05) is 43.3 Å². The lowest BCUT2D eigenvalue weighted by molar-refractivity contribution is -0.276. The average molecular weight is 547 g/mol. The molecule has 4 unspecified atom stereocenters. The molecule has 0 bridgehead atoms. The summed E-state index contributed by atoms with van der Waals surface area (Å²) in [5, 5.41) is 12.3. The molecule has 3 aromatic carbocycles. The fraction of sp³-hybridized carbons (Fsp3) is 0.406. The molecule has 212 valence electrons. The Morgan fingerprint density at radius 1 is 0.975 bits per heavy atom. The number of aliphatic hydroxyl groups is 1. The van der Waals surface area contributed by atoms with E-state index in [2.05, 4.69) is 29.3 Å². The normalized spacial score (nSPS) is 22.8. The van der Waals surface area contributed by atoms with Crippen LogP contribution >= 0.6 is 0 Å². The van der Waals surface area contributed by atoms with E-state index < -0.39 is 6.29 Å². The summed E-state index contributed by atoms with van der Waals surface area (Å²) in [6, 6.07) is 19.7. The predicted molar refractivity (Wildman–Crippen MR) is 152 cm³/mol. The van der Waals surface area contributed by atoms with Crippen molar-refractivity contribution in [3.63, 3.8) is 0 Å². The van der Waals surface area contributed by atoms with Gasteiger partial charge in [0.25, 0.3) is 0 Å². The number of carbonyl (C=O) groups excluding carboxylic acids is 1. The number of aliphatic hydroxyl groups excluding tert-OH is 1. The number of rotatable bonds is 8. The fourth-order valence-corrected chi connectivity index (χ4v) is 5.61. The smallest absolute Gasteiger partial charge is 0.221 e. The SMILES string of the molecule is COc1cc2c(cc1OC)CN(CC1OC(c3ccc(NC(C)=O)cc3)OC(c3ccc(CO)cc3)C1C)CC2. The van der Waals surface area contributed by atoms with Gasteiger partial charge in [-0.25, -0.2) is 0 Å². The quantitative estimate of drug-likeness (QED) is 0.411. The molecule has 3 aromatic rings. The molecule has 2 aliphatic rings. The first-order valence-electron chi connectivity index (χ1n) is 13.7. The summed E-state index contributed by atoms with van der Waals surface area (Å²) in [5.41, 5.74) is 6.07. The van der Waals surface area contributed by atoms with Gasteiger partial charge >= 0.3 is 0 Å². The maximum atomic E-state index is 11.5. The first-order valence-corrected chi connectivity index (χ1v) is 13.7. The van der Waals surface area contributed by atoms with Crippen LogP contribution in [-0.2, 0) is 33.8 Å². The Balaban J connectivity index is 1.38. The number of anilines is 1. The van der Waals surface area contributed by atoms with E-state index in [1.165, 1.54) is 18.1 Å². The highest BCUT2D eigenvalue weighted by molar-refractivity contribution is 5.88. The van der Waals surface area contributed by atoms with Crippen molar-refractivity contribution >= 4 is 11.6 Å². The van der Waals surface area contributed by atoms with E-state index in [9.17, 15) is 9.90 Å². The van der Waals surface area contributed by atoms with Gasteiger partial charge in [0.05, 0.1) is 33.0 Å². The van der Waals surface area contributed by atoms with Gasteiger partial charge in [-0.2, -0.15) is 0 Å². The monoisotopic (exact) mass is 546 g/mol. The minimum Gasteiger partial charge on any atom is -0.493 e. The second-order valence-corrected chi connectivity index (χ2v) is 10.6. The first-order chi connectivity index (χ1) is 19.4. The number of benzene rings is 3. The van der Waals surface area contributed by atoms with E-state index in [4.69, 9.17) is 18.9 Å². The van der Waals surface area contributed by atoms with E-state index in [-0.39, 0.29) is 30.6 Å². The van der Waals surface area contributed by atoms with Crippen LogP contribution in [0.5, 0.6) is 11.5 Å². The topological polar surface area (TPSA) is 89.5 Å². The number of hydrogen-bond acceptors (Lipinski definition) is 7. The highest BCUT2D eigenvalue weighted by Gasteiger charge is 2.39. The summed E-state index contributed by atoms with van der Waals surface area (Å²) >= 11 is 0. The zero-order valence-corrected chi connectivity index (χ0v) is 23.6. The molecule has 0 saturated carbocycles. The standard InChI is InChI=1S/C32H38N2O6/c1-20-30(18-34-14-13-25-15-28(37-3)29(38-4)16-26(25)17-34)39-32(24-9-11-27(12-10-24)33-21(2)36)40-31(20)23-7-5-22(19-35)6-8-23/h5-12,15-16,20,30-32,35H,13-14,17-19H2,1-4H3,(H,33,36). The summed E-state index contributed by atoms with van der Waals surface area (Å²) in [6.07, 6.45) is 0.0929. The minimum absolute atomic E-state index is 0.00343. The molecule has 2 heterocycles. The highest BCUT2D eigenvalue weighted by Crippen LogP contribution is 2.42. The van der Waals surface area contributed by atoms with Crippen molar-refractivity contribution in [2.24, 2.45) is 5.92 Å². The summed E-state index contributed by atoms with van der Waals surface area (Å²) in [7, 11) is 3.33. The molecule has 0 spiro atoms. The highest BCUT2D eigenvalue weighted by atomic mass is 16.7. The molecule has 0 aliphatic carbocycles. The lowest BCUT2D eigenvalue weighted by Gasteiger charge is -2.43. The van der Waals surface area contributed by atoms with E-state index in [0.717, 1.165) is 59.9 Å². The molecule has 1 saturated heterocycles. The van der Waals surface area contributed by atoms with Crippen molar-refractivity contribution in [2.45, 2.75) is 51.9 Å². The molecule has 2 aliphatic heterocycles. The number of methoxy groups -OCH3 is 2. The third kappa shape index (κ3) is 6.15. The van der Waals surface area contributed by atoms with Gasteiger partial charge in [0.15, 0.2) is 17.8 Å². The molecular formula is C32H38N2O6. The third-order valence-electron chi connectivity index (χ3n) is 7.86. The number of fused-ring (bicyclic) bond motifs is 1. The van der Waals surface area contributed by atoms with Crippen LogP contribution < -0.4 is 14.8 Å². The Morgan fingerprint density at radius 2 is 1.62 bits per heavy atom. The van der Waals surface area contributed by atoms with Crippen LogP contribution in [0, 0.1) is 5.92 Å². The van der Waals surface area contributed by atoms with E-state index in [0.29, 0.717) is 0 Å². The van der Waals surface area contributed by atoms with Gasteiger partial charge in [0.1, 0.15) is 0 Å². The molecular weight excluding hydrogens is 508 g/mol. The minimum atomic E-state index is -0.559.